The SMILES string of the molecule is C[C@@H](NC(=O)CCN1CCN(c2ccccn2)CC1)c1ccncc1. The van der Waals surface area contributed by atoms with Crippen molar-refractivity contribution in [1.29, 1.82) is 0 Å². The van der Waals surface area contributed by atoms with Crippen molar-refractivity contribution in [3.05, 3.63) is 54.5 Å². The maximum atomic E-state index is 12.2. The molecule has 0 aromatic carbocycles. The zero-order chi connectivity index (χ0) is 17.5. The summed E-state index contributed by atoms with van der Waals surface area (Å²) < 4.78 is 0. The van der Waals surface area contributed by atoms with Crippen molar-refractivity contribution < 1.29 is 4.79 Å². The number of carbonyl (C=O) groups excluding carboxylic acids is 1. The van der Waals surface area contributed by atoms with E-state index < -0.39 is 0 Å². The van der Waals surface area contributed by atoms with Gasteiger partial charge in [0.25, 0.3) is 0 Å². The predicted octanol–water partition coefficient (Wildman–Crippen LogP) is 1.87. The summed E-state index contributed by atoms with van der Waals surface area (Å²) >= 11 is 0. The van der Waals surface area contributed by atoms with E-state index in [1.807, 2.05) is 43.5 Å². The van der Waals surface area contributed by atoms with E-state index in [9.17, 15) is 4.79 Å². The topological polar surface area (TPSA) is 61.4 Å². The first-order valence-electron chi connectivity index (χ1n) is 8.80. The molecule has 0 saturated carbocycles. The minimum atomic E-state index is 0.0107. The van der Waals surface area contributed by atoms with Gasteiger partial charge in [0.2, 0.25) is 5.91 Å². The van der Waals surface area contributed by atoms with Crippen LogP contribution in [0.2, 0.25) is 0 Å². The molecule has 1 N–H and O–H groups in total. The molecule has 2 aromatic rings. The molecule has 0 radical (unpaired) electrons. The molecule has 1 aliphatic heterocycles. The van der Waals surface area contributed by atoms with Gasteiger partial charge in [0, 0.05) is 57.7 Å². The van der Waals surface area contributed by atoms with Crippen molar-refractivity contribution >= 4 is 11.7 Å². The third kappa shape index (κ3) is 5.00. The largest absolute Gasteiger partial charge is 0.354 e. The number of pyridine rings is 2. The Morgan fingerprint density at radius 1 is 1.12 bits per heavy atom. The van der Waals surface area contributed by atoms with E-state index in [4.69, 9.17) is 0 Å². The Morgan fingerprint density at radius 3 is 2.56 bits per heavy atom. The molecule has 2 aromatic heterocycles. The molecule has 1 fully saturated rings. The van der Waals surface area contributed by atoms with E-state index in [1.54, 1.807) is 12.4 Å². The highest BCUT2D eigenvalue weighted by Crippen LogP contribution is 2.13. The van der Waals surface area contributed by atoms with E-state index in [-0.39, 0.29) is 11.9 Å². The highest BCUT2D eigenvalue weighted by atomic mass is 16.1. The summed E-state index contributed by atoms with van der Waals surface area (Å²) in [7, 11) is 0. The second-order valence-electron chi connectivity index (χ2n) is 6.34. The molecule has 6 heteroatoms. The Hall–Kier alpha value is -2.47. The second-order valence-corrected chi connectivity index (χ2v) is 6.34. The number of hydrogen-bond acceptors (Lipinski definition) is 5. The highest BCUT2D eigenvalue weighted by Gasteiger charge is 2.18. The standard InChI is InChI=1S/C19H25N5O/c1-16(17-5-9-20-10-6-17)22-19(25)7-11-23-12-14-24(15-13-23)18-4-2-3-8-21-18/h2-6,8-10,16H,7,11-15H2,1H3,(H,22,25)/t16-/m1/s1. The summed E-state index contributed by atoms with van der Waals surface area (Å²) in [6, 6.07) is 9.87. The van der Waals surface area contributed by atoms with Crippen molar-refractivity contribution in [2.45, 2.75) is 19.4 Å². The summed E-state index contributed by atoms with van der Waals surface area (Å²) in [6.07, 6.45) is 5.85. The summed E-state index contributed by atoms with van der Waals surface area (Å²) in [5.74, 6) is 1.13. The van der Waals surface area contributed by atoms with Crippen molar-refractivity contribution in [2.75, 3.05) is 37.6 Å². The van der Waals surface area contributed by atoms with Crippen molar-refractivity contribution in [3.8, 4) is 0 Å². The molecule has 3 heterocycles. The van der Waals surface area contributed by atoms with E-state index in [0.29, 0.717) is 6.42 Å². The molecule has 0 bridgehead atoms. The Morgan fingerprint density at radius 2 is 1.88 bits per heavy atom. The fraction of sp³-hybridized carbons (Fsp3) is 0.421. The summed E-state index contributed by atoms with van der Waals surface area (Å²) in [4.78, 5) is 25.2. The number of carbonyl (C=O) groups is 1. The molecule has 1 aliphatic rings. The maximum Gasteiger partial charge on any atom is 0.221 e. The van der Waals surface area contributed by atoms with Crippen LogP contribution in [0, 0.1) is 0 Å². The lowest BCUT2D eigenvalue weighted by molar-refractivity contribution is -0.122. The minimum absolute atomic E-state index is 0.0107. The van der Waals surface area contributed by atoms with E-state index in [1.165, 1.54) is 0 Å². The number of piperazine rings is 1. The fourth-order valence-corrected chi connectivity index (χ4v) is 3.05. The third-order valence-electron chi connectivity index (χ3n) is 4.58. The van der Waals surface area contributed by atoms with Crippen molar-refractivity contribution in [1.82, 2.24) is 20.2 Å². The van der Waals surface area contributed by atoms with Gasteiger partial charge in [-0.25, -0.2) is 4.98 Å². The molecule has 25 heavy (non-hydrogen) atoms. The quantitative estimate of drug-likeness (QED) is 0.870. The van der Waals surface area contributed by atoms with Gasteiger partial charge in [0.05, 0.1) is 6.04 Å². The Balaban J connectivity index is 1.39. The van der Waals surface area contributed by atoms with Crippen LogP contribution in [0.3, 0.4) is 0 Å². The average molecular weight is 339 g/mol. The Bertz CT molecular complexity index is 656. The van der Waals surface area contributed by atoms with Crippen LogP contribution in [0.15, 0.2) is 48.9 Å². The smallest absolute Gasteiger partial charge is 0.221 e. The minimum Gasteiger partial charge on any atom is -0.354 e. The molecular formula is C19H25N5O. The number of nitrogens with one attached hydrogen (secondary N) is 1. The third-order valence-corrected chi connectivity index (χ3v) is 4.58. The molecule has 3 rings (SSSR count). The monoisotopic (exact) mass is 339 g/mol. The summed E-state index contributed by atoms with van der Waals surface area (Å²) in [6.45, 7) is 6.62. The van der Waals surface area contributed by atoms with Crippen LogP contribution >= 0.6 is 0 Å². The molecular weight excluding hydrogens is 314 g/mol. The first kappa shape index (κ1) is 17.4. The molecule has 6 nitrogen and oxygen atoms in total. The first-order valence-corrected chi connectivity index (χ1v) is 8.80. The van der Waals surface area contributed by atoms with E-state index in [2.05, 4.69) is 25.1 Å². The summed E-state index contributed by atoms with van der Waals surface area (Å²) in [5, 5.41) is 3.06. The van der Waals surface area contributed by atoms with Gasteiger partial charge in [0.1, 0.15) is 5.82 Å². The number of hydrogen-bond donors (Lipinski definition) is 1. The molecule has 0 unspecified atom stereocenters. The van der Waals surface area contributed by atoms with Crippen LogP contribution in [-0.2, 0) is 4.79 Å². The van der Waals surface area contributed by atoms with Crippen LogP contribution in [-0.4, -0.2) is 53.5 Å². The van der Waals surface area contributed by atoms with Gasteiger partial charge in [-0.05, 0) is 36.8 Å². The normalized spacial score (nSPS) is 16.4. The van der Waals surface area contributed by atoms with Crippen molar-refractivity contribution in [3.63, 3.8) is 0 Å². The molecule has 1 amide bonds. The van der Waals surface area contributed by atoms with Gasteiger partial charge >= 0.3 is 0 Å². The highest BCUT2D eigenvalue weighted by molar-refractivity contribution is 5.76. The predicted molar refractivity (Wildman–Crippen MR) is 98.3 cm³/mol. The average Bonchev–Trinajstić information content (AvgIpc) is 2.68. The van der Waals surface area contributed by atoms with Crippen LogP contribution in [0.5, 0.6) is 0 Å². The Labute approximate surface area is 148 Å². The van der Waals surface area contributed by atoms with Gasteiger partial charge in [-0.2, -0.15) is 0 Å². The lowest BCUT2D eigenvalue weighted by Gasteiger charge is -2.35. The molecule has 1 saturated heterocycles. The Kier molecular flexibility index (Phi) is 5.95. The number of rotatable bonds is 6. The second kappa shape index (κ2) is 8.58. The van der Waals surface area contributed by atoms with Crippen LogP contribution in [0.4, 0.5) is 5.82 Å². The zero-order valence-electron chi connectivity index (χ0n) is 14.6. The first-order chi connectivity index (χ1) is 12.2. The van der Waals surface area contributed by atoms with Crippen LogP contribution in [0.1, 0.15) is 24.9 Å². The zero-order valence-corrected chi connectivity index (χ0v) is 14.6. The number of amides is 1. The van der Waals surface area contributed by atoms with E-state index in [0.717, 1.165) is 44.1 Å². The van der Waals surface area contributed by atoms with Crippen LogP contribution < -0.4 is 10.2 Å². The maximum absolute atomic E-state index is 12.2. The summed E-state index contributed by atoms with van der Waals surface area (Å²) in [5.41, 5.74) is 1.08. The number of aromatic nitrogens is 2. The van der Waals surface area contributed by atoms with E-state index >= 15 is 0 Å². The fourth-order valence-electron chi connectivity index (χ4n) is 3.05. The molecule has 1 atom stereocenters. The molecule has 132 valence electrons. The lowest BCUT2D eigenvalue weighted by atomic mass is 10.1. The lowest BCUT2D eigenvalue weighted by Crippen LogP contribution is -2.47. The van der Waals surface area contributed by atoms with Crippen molar-refractivity contribution in [2.24, 2.45) is 0 Å². The number of anilines is 1. The van der Waals surface area contributed by atoms with Gasteiger partial charge in [-0.1, -0.05) is 6.07 Å². The van der Waals surface area contributed by atoms with Crippen LogP contribution in [0.25, 0.3) is 0 Å². The van der Waals surface area contributed by atoms with Gasteiger partial charge < -0.3 is 10.2 Å². The molecule has 0 spiro atoms. The molecule has 0 aliphatic carbocycles. The number of nitrogens with zero attached hydrogens (tertiary/aromatic N) is 4. The van der Waals surface area contributed by atoms with Gasteiger partial charge in [-0.15, -0.1) is 0 Å². The van der Waals surface area contributed by atoms with Gasteiger partial charge in [0.15, 0.2) is 0 Å². The van der Waals surface area contributed by atoms with Gasteiger partial charge in [-0.3, -0.25) is 14.7 Å².